The molecule has 2 heterocycles. The summed E-state index contributed by atoms with van der Waals surface area (Å²) in [7, 11) is 1.64. The number of benzene rings is 2. The van der Waals surface area contributed by atoms with Crippen LogP contribution in [0, 0.1) is 6.92 Å². The first-order valence-electron chi connectivity index (χ1n) is 9.71. The highest BCUT2D eigenvalue weighted by atomic mass is 16.2. The number of hydrogen-bond donors (Lipinski definition) is 1. The van der Waals surface area contributed by atoms with E-state index in [4.69, 9.17) is 0 Å². The highest BCUT2D eigenvalue weighted by Gasteiger charge is 2.18. The van der Waals surface area contributed by atoms with Gasteiger partial charge in [0.25, 0.3) is 11.5 Å². The lowest BCUT2D eigenvalue weighted by Crippen LogP contribution is -2.28. The molecule has 2 aromatic heterocycles. The molecule has 1 N–H and O–H groups in total. The fourth-order valence-electron chi connectivity index (χ4n) is 3.53. The number of aromatic nitrogens is 3. The summed E-state index contributed by atoms with van der Waals surface area (Å²) in [6, 6.07) is 14.2. The highest BCUT2D eigenvalue weighted by Crippen LogP contribution is 2.25. The number of rotatable bonds is 5. The molecule has 4 rings (SSSR count). The molecule has 0 aliphatic heterocycles. The van der Waals surface area contributed by atoms with E-state index in [1.807, 2.05) is 25.1 Å². The van der Waals surface area contributed by atoms with E-state index in [0.717, 1.165) is 16.7 Å². The maximum atomic E-state index is 12.9. The molecule has 0 radical (unpaired) electrons. The average molecular weight is 412 g/mol. The first-order chi connectivity index (χ1) is 15.0. The summed E-state index contributed by atoms with van der Waals surface area (Å²) in [5.41, 5.74) is 3.76. The third-order valence-electron chi connectivity index (χ3n) is 5.13. The number of carbonyl (C=O) groups excluding carboxylic acids is 2. The van der Waals surface area contributed by atoms with Gasteiger partial charge in [0.2, 0.25) is 0 Å². The molecule has 0 saturated carbocycles. The molecule has 31 heavy (non-hydrogen) atoms. The van der Waals surface area contributed by atoms with Crippen molar-refractivity contribution in [3.05, 3.63) is 93.7 Å². The number of carbonyl (C=O) groups is 2. The summed E-state index contributed by atoms with van der Waals surface area (Å²) in [6.07, 6.45) is 4.21. The van der Waals surface area contributed by atoms with Crippen LogP contribution < -0.4 is 5.56 Å². The number of fused-ring (bicyclic) bond motifs is 1. The molecule has 0 aliphatic rings. The Morgan fingerprint density at radius 2 is 1.87 bits per heavy atom. The van der Waals surface area contributed by atoms with Crippen molar-refractivity contribution in [2.75, 3.05) is 7.05 Å². The maximum absolute atomic E-state index is 12.9. The van der Waals surface area contributed by atoms with Gasteiger partial charge in [-0.1, -0.05) is 24.3 Å². The molecule has 0 unspecified atom stereocenters. The molecule has 0 aliphatic carbocycles. The fourth-order valence-corrected chi connectivity index (χ4v) is 3.53. The Bertz CT molecular complexity index is 1360. The normalized spacial score (nSPS) is 10.8. The second kappa shape index (κ2) is 8.31. The summed E-state index contributed by atoms with van der Waals surface area (Å²) < 4.78 is 0. The van der Waals surface area contributed by atoms with Gasteiger partial charge in [-0.25, -0.2) is 5.10 Å². The standard InChI is InChI=1S/C24H20N4O3/c1-15-9-18(12-25-11-15)16-7-8-20-21(10-16)22(26-27-23(20)30)13-28(2)24(31)19-6-4-3-5-17(19)14-29/h3-12,14H,13H2,1-2H3,(H,27,30). The number of H-pyrrole nitrogens is 1. The Morgan fingerprint density at radius 1 is 1.06 bits per heavy atom. The molecule has 1 amide bonds. The van der Waals surface area contributed by atoms with Crippen LogP contribution in [0.15, 0.2) is 65.7 Å². The largest absolute Gasteiger partial charge is 0.336 e. The number of aldehydes is 1. The first-order valence-corrected chi connectivity index (χ1v) is 9.71. The van der Waals surface area contributed by atoms with Crippen molar-refractivity contribution in [3.63, 3.8) is 0 Å². The zero-order valence-electron chi connectivity index (χ0n) is 17.1. The fraction of sp³-hybridized carbons (Fsp3) is 0.125. The van der Waals surface area contributed by atoms with E-state index in [2.05, 4.69) is 15.2 Å². The smallest absolute Gasteiger partial charge is 0.272 e. The van der Waals surface area contributed by atoms with E-state index in [1.54, 1.807) is 49.8 Å². The third kappa shape index (κ3) is 3.98. The molecule has 7 heteroatoms. The topological polar surface area (TPSA) is 96.0 Å². The van der Waals surface area contributed by atoms with E-state index in [-0.39, 0.29) is 18.0 Å². The van der Waals surface area contributed by atoms with Gasteiger partial charge in [0.1, 0.15) is 0 Å². The van der Waals surface area contributed by atoms with Crippen molar-refractivity contribution in [1.29, 1.82) is 0 Å². The maximum Gasteiger partial charge on any atom is 0.272 e. The van der Waals surface area contributed by atoms with E-state index in [0.29, 0.717) is 33.9 Å². The Balaban J connectivity index is 1.74. The van der Waals surface area contributed by atoms with E-state index >= 15 is 0 Å². The Labute approximate surface area is 178 Å². The lowest BCUT2D eigenvalue weighted by Gasteiger charge is -2.18. The summed E-state index contributed by atoms with van der Waals surface area (Å²) in [4.78, 5) is 42.2. The quantitative estimate of drug-likeness (QED) is 0.507. The van der Waals surface area contributed by atoms with Crippen LogP contribution in [0.4, 0.5) is 0 Å². The van der Waals surface area contributed by atoms with Crippen molar-refractivity contribution in [2.45, 2.75) is 13.5 Å². The van der Waals surface area contributed by atoms with Crippen molar-refractivity contribution in [3.8, 4) is 11.1 Å². The molecule has 2 aromatic carbocycles. The lowest BCUT2D eigenvalue weighted by molar-refractivity contribution is 0.0780. The van der Waals surface area contributed by atoms with Gasteiger partial charge in [-0.3, -0.25) is 19.4 Å². The molecule has 7 nitrogen and oxygen atoms in total. The second-order valence-electron chi connectivity index (χ2n) is 7.38. The van der Waals surface area contributed by atoms with Crippen LogP contribution in [0.1, 0.15) is 32.0 Å². The second-order valence-corrected chi connectivity index (χ2v) is 7.38. The number of amides is 1. The predicted molar refractivity (Wildman–Crippen MR) is 118 cm³/mol. The van der Waals surface area contributed by atoms with E-state index < -0.39 is 0 Å². The van der Waals surface area contributed by atoms with Gasteiger partial charge in [0, 0.05) is 36.0 Å². The van der Waals surface area contributed by atoms with Crippen LogP contribution in [-0.2, 0) is 6.54 Å². The van der Waals surface area contributed by atoms with Gasteiger partial charge in [-0.2, -0.15) is 5.10 Å². The van der Waals surface area contributed by atoms with E-state index in [1.165, 1.54) is 4.90 Å². The molecular weight excluding hydrogens is 392 g/mol. The van der Waals surface area contributed by atoms with Crippen LogP contribution in [0.5, 0.6) is 0 Å². The minimum atomic E-state index is -0.303. The Kier molecular flexibility index (Phi) is 5.41. The number of pyridine rings is 1. The SMILES string of the molecule is Cc1cncc(-c2ccc3c(=O)[nH]nc(CN(C)C(=O)c4ccccc4C=O)c3c2)c1. The Hall–Kier alpha value is -4.13. The van der Waals surface area contributed by atoms with Gasteiger partial charge >= 0.3 is 0 Å². The van der Waals surface area contributed by atoms with Crippen molar-refractivity contribution in [2.24, 2.45) is 0 Å². The number of hydrogen-bond acceptors (Lipinski definition) is 5. The number of nitrogens with zero attached hydrogens (tertiary/aromatic N) is 3. The van der Waals surface area contributed by atoms with Gasteiger partial charge in [-0.15, -0.1) is 0 Å². The summed E-state index contributed by atoms with van der Waals surface area (Å²) in [6.45, 7) is 2.13. The minimum absolute atomic E-state index is 0.162. The van der Waals surface area contributed by atoms with Crippen LogP contribution >= 0.6 is 0 Å². The first kappa shape index (κ1) is 20.2. The molecule has 0 fully saturated rings. The van der Waals surface area contributed by atoms with E-state index in [9.17, 15) is 14.4 Å². The molecule has 0 spiro atoms. The number of nitrogens with one attached hydrogen (secondary N) is 1. The molecule has 0 bridgehead atoms. The van der Waals surface area contributed by atoms with Gasteiger partial charge in [0.15, 0.2) is 6.29 Å². The minimum Gasteiger partial charge on any atom is -0.336 e. The highest BCUT2D eigenvalue weighted by molar-refractivity contribution is 6.01. The zero-order valence-corrected chi connectivity index (χ0v) is 17.1. The molecular formula is C24H20N4O3. The molecule has 0 saturated heterocycles. The van der Waals surface area contributed by atoms with Gasteiger partial charge in [-0.05, 0) is 42.3 Å². The summed E-state index contributed by atoms with van der Waals surface area (Å²) in [5, 5.41) is 7.85. The molecule has 154 valence electrons. The summed E-state index contributed by atoms with van der Waals surface area (Å²) >= 11 is 0. The average Bonchev–Trinajstić information content (AvgIpc) is 2.80. The van der Waals surface area contributed by atoms with Crippen molar-refractivity contribution < 1.29 is 9.59 Å². The predicted octanol–water partition coefficient (Wildman–Crippen LogP) is 3.38. The monoisotopic (exact) mass is 412 g/mol. The van der Waals surface area contributed by atoms with Crippen molar-refractivity contribution in [1.82, 2.24) is 20.1 Å². The third-order valence-corrected chi connectivity index (χ3v) is 5.13. The number of aryl methyl sites for hydroxylation is 1. The van der Waals surface area contributed by atoms with Crippen LogP contribution in [0.2, 0.25) is 0 Å². The van der Waals surface area contributed by atoms with Crippen molar-refractivity contribution >= 4 is 23.0 Å². The van der Waals surface area contributed by atoms with Crippen LogP contribution in [0.3, 0.4) is 0 Å². The van der Waals surface area contributed by atoms with Crippen LogP contribution in [0.25, 0.3) is 21.9 Å². The lowest BCUT2D eigenvalue weighted by atomic mass is 10.0. The zero-order chi connectivity index (χ0) is 22.0. The molecule has 0 atom stereocenters. The van der Waals surface area contributed by atoms with Gasteiger partial charge < -0.3 is 4.90 Å². The Morgan fingerprint density at radius 3 is 2.65 bits per heavy atom. The molecule has 4 aromatic rings. The van der Waals surface area contributed by atoms with Gasteiger partial charge in [0.05, 0.1) is 23.2 Å². The summed E-state index contributed by atoms with van der Waals surface area (Å²) in [5.74, 6) is -0.303. The number of aromatic amines is 1. The van der Waals surface area contributed by atoms with Crippen LogP contribution in [-0.4, -0.2) is 39.3 Å².